The third kappa shape index (κ3) is 5.29. The molecule has 0 aliphatic carbocycles. The summed E-state index contributed by atoms with van der Waals surface area (Å²) in [6.45, 7) is 2.23. The molecule has 0 saturated carbocycles. The highest BCUT2D eigenvalue weighted by Gasteiger charge is 2.15. The zero-order valence-corrected chi connectivity index (χ0v) is 21.1. The SMILES string of the molecule is Cc1cc(=O)c(C(=O)Cc2ccc(-c3cc(-c4cnn(C)c4)cnc3N)cc2)cn1Cc1ccc(F)cc1. The van der Waals surface area contributed by atoms with Gasteiger partial charge in [-0.25, -0.2) is 9.37 Å². The van der Waals surface area contributed by atoms with Crippen LogP contribution in [0.25, 0.3) is 22.3 Å². The number of hydrogen-bond acceptors (Lipinski definition) is 5. The maximum absolute atomic E-state index is 13.3. The van der Waals surface area contributed by atoms with Crippen molar-refractivity contribution in [3.8, 4) is 22.3 Å². The lowest BCUT2D eigenvalue weighted by Crippen LogP contribution is -2.20. The van der Waals surface area contributed by atoms with Crippen LogP contribution >= 0.6 is 0 Å². The molecule has 190 valence electrons. The molecular weight excluding hydrogens is 481 g/mol. The molecular formula is C30H26FN5O2. The smallest absolute Gasteiger partial charge is 0.192 e. The van der Waals surface area contributed by atoms with E-state index in [2.05, 4.69) is 10.1 Å². The number of nitrogen functional groups attached to an aromatic ring is 1. The minimum absolute atomic E-state index is 0.0819. The molecule has 5 rings (SSSR count). The number of halogens is 1. The molecule has 0 atom stereocenters. The Kier molecular flexibility index (Phi) is 6.70. The van der Waals surface area contributed by atoms with Gasteiger partial charge in [0.2, 0.25) is 0 Å². The van der Waals surface area contributed by atoms with Crippen LogP contribution in [0.5, 0.6) is 0 Å². The first-order valence-corrected chi connectivity index (χ1v) is 12.1. The fourth-order valence-corrected chi connectivity index (χ4v) is 4.36. The Balaban J connectivity index is 1.35. The molecule has 38 heavy (non-hydrogen) atoms. The number of carbonyl (C=O) groups is 1. The summed E-state index contributed by atoms with van der Waals surface area (Å²) in [7, 11) is 1.85. The van der Waals surface area contributed by atoms with Crippen molar-refractivity contribution >= 4 is 11.6 Å². The summed E-state index contributed by atoms with van der Waals surface area (Å²) in [4.78, 5) is 30.1. The number of aryl methyl sites for hydroxylation is 2. The van der Waals surface area contributed by atoms with Gasteiger partial charge in [-0.15, -0.1) is 0 Å². The van der Waals surface area contributed by atoms with Gasteiger partial charge in [0.1, 0.15) is 11.6 Å². The molecule has 2 aromatic carbocycles. The molecule has 0 bridgehead atoms. The first-order chi connectivity index (χ1) is 18.3. The molecule has 2 N–H and O–H groups in total. The van der Waals surface area contributed by atoms with Gasteiger partial charge in [-0.3, -0.25) is 14.3 Å². The number of nitrogens with two attached hydrogens (primary N) is 1. The van der Waals surface area contributed by atoms with Gasteiger partial charge in [0.15, 0.2) is 11.2 Å². The lowest BCUT2D eigenvalue weighted by atomic mass is 9.98. The number of aromatic nitrogens is 4. The van der Waals surface area contributed by atoms with E-state index >= 15 is 0 Å². The van der Waals surface area contributed by atoms with Crippen molar-refractivity contribution in [1.82, 2.24) is 19.3 Å². The molecule has 0 amide bonds. The molecule has 3 aromatic heterocycles. The minimum Gasteiger partial charge on any atom is -0.383 e. The lowest BCUT2D eigenvalue weighted by molar-refractivity contribution is 0.0991. The molecule has 0 aliphatic rings. The van der Waals surface area contributed by atoms with Crippen molar-refractivity contribution in [1.29, 1.82) is 0 Å². The van der Waals surface area contributed by atoms with Crippen LogP contribution in [0.1, 0.15) is 27.2 Å². The van der Waals surface area contributed by atoms with Crippen LogP contribution in [-0.2, 0) is 20.0 Å². The second kappa shape index (κ2) is 10.3. The lowest BCUT2D eigenvalue weighted by Gasteiger charge is -2.13. The Hall–Kier alpha value is -4.85. The Bertz CT molecular complexity index is 1690. The minimum atomic E-state index is -0.314. The van der Waals surface area contributed by atoms with Crippen molar-refractivity contribution in [2.24, 2.45) is 7.05 Å². The Labute approximate surface area is 219 Å². The summed E-state index contributed by atoms with van der Waals surface area (Å²) in [5, 5.41) is 4.21. The topological polar surface area (TPSA) is 95.8 Å². The predicted octanol–water partition coefficient (Wildman–Crippen LogP) is 4.81. The zero-order chi connectivity index (χ0) is 26.8. The number of Topliss-reactive ketones (excluding diaryl/α,β-unsaturated/α-hetero) is 1. The molecule has 3 heterocycles. The van der Waals surface area contributed by atoms with E-state index in [0.29, 0.717) is 12.4 Å². The molecule has 5 aromatic rings. The highest BCUT2D eigenvalue weighted by Crippen LogP contribution is 2.29. The average Bonchev–Trinajstić information content (AvgIpc) is 3.34. The summed E-state index contributed by atoms with van der Waals surface area (Å²) >= 11 is 0. The number of anilines is 1. The maximum atomic E-state index is 13.3. The molecule has 8 heteroatoms. The molecule has 0 saturated heterocycles. The molecule has 7 nitrogen and oxygen atoms in total. The Morgan fingerprint density at radius 3 is 2.32 bits per heavy atom. The number of ketones is 1. The van der Waals surface area contributed by atoms with Crippen molar-refractivity contribution < 1.29 is 9.18 Å². The summed E-state index contributed by atoms with van der Waals surface area (Å²) in [6.07, 6.45) is 7.06. The Morgan fingerprint density at radius 2 is 1.63 bits per heavy atom. The number of benzene rings is 2. The van der Waals surface area contributed by atoms with Crippen molar-refractivity contribution in [2.45, 2.75) is 19.9 Å². The highest BCUT2D eigenvalue weighted by atomic mass is 19.1. The maximum Gasteiger partial charge on any atom is 0.192 e. The van der Waals surface area contributed by atoms with Gasteiger partial charge in [0.25, 0.3) is 0 Å². The molecule has 0 unspecified atom stereocenters. The highest BCUT2D eigenvalue weighted by molar-refractivity contribution is 5.97. The summed E-state index contributed by atoms with van der Waals surface area (Å²) in [5.41, 5.74) is 11.8. The van der Waals surface area contributed by atoms with E-state index in [0.717, 1.165) is 39.1 Å². The van der Waals surface area contributed by atoms with Gasteiger partial charge in [0.05, 0.1) is 11.8 Å². The third-order valence-corrected chi connectivity index (χ3v) is 6.50. The van der Waals surface area contributed by atoms with Crippen LogP contribution in [0.4, 0.5) is 10.2 Å². The molecule has 0 spiro atoms. The number of carbonyl (C=O) groups excluding carboxylic acids is 1. The van der Waals surface area contributed by atoms with Gasteiger partial charge in [-0.2, -0.15) is 5.10 Å². The quantitative estimate of drug-likeness (QED) is 0.319. The zero-order valence-electron chi connectivity index (χ0n) is 21.1. The number of nitrogens with zero attached hydrogens (tertiary/aromatic N) is 4. The van der Waals surface area contributed by atoms with Crippen LogP contribution in [0, 0.1) is 12.7 Å². The predicted molar refractivity (Wildman–Crippen MR) is 145 cm³/mol. The fourth-order valence-electron chi connectivity index (χ4n) is 4.36. The van der Waals surface area contributed by atoms with Gasteiger partial charge >= 0.3 is 0 Å². The van der Waals surface area contributed by atoms with E-state index in [9.17, 15) is 14.0 Å². The van der Waals surface area contributed by atoms with E-state index in [1.165, 1.54) is 18.2 Å². The largest absolute Gasteiger partial charge is 0.383 e. The molecule has 0 aliphatic heterocycles. The van der Waals surface area contributed by atoms with Crippen molar-refractivity contribution in [3.05, 3.63) is 124 Å². The Morgan fingerprint density at radius 1 is 0.921 bits per heavy atom. The first-order valence-electron chi connectivity index (χ1n) is 12.1. The fraction of sp³-hybridized carbons (Fsp3) is 0.133. The van der Waals surface area contributed by atoms with Gasteiger partial charge in [-0.05, 0) is 41.8 Å². The van der Waals surface area contributed by atoms with E-state index in [1.54, 1.807) is 35.4 Å². The normalized spacial score (nSPS) is 11.0. The van der Waals surface area contributed by atoms with Gasteiger partial charge in [0, 0.05) is 67.1 Å². The van der Waals surface area contributed by atoms with Crippen LogP contribution in [-0.4, -0.2) is 25.1 Å². The number of hydrogen-bond donors (Lipinski definition) is 1. The van der Waals surface area contributed by atoms with Crippen molar-refractivity contribution in [2.75, 3.05) is 5.73 Å². The van der Waals surface area contributed by atoms with E-state index in [-0.39, 0.29) is 29.0 Å². The monoisotopic (exact) mass is 507 g/mol. The van der Waals surface area contributed by atoms with Crippen LogP contribution in [0.3, 0.4) is 0 Å². The third-order valence-electron chi connectivity index (χ3n) is 6.50. The van der Waals surface area contributed by atoms with Crippen LogP contribution in [0.2, 0.25) is 0 Å². The van der Waals surface area contributed by atoms with E-state index in [1.807, 2.05) is 55.1 Å². The van der Waals surface area contributed by atoms with E-state index in [4.69, 9.17) is 5.73 Å². The summed E-state index contributed by atoms with van der Waals surface area (Å²) in [6, 6.07) is 17.1. The van der Waals surface area contributed by atoms with E-state index < -0.39 is 0 Å². The summed E-state index contributed by atoms with van der Waals surface area (Å²) < 4.78 is 16.8. The van der Waals surface area contributed by atoms with Gasteiger partial charge in [-0.1, -0.05) is 36.4 Å². The van der Waals surface area contributed by atoms with Gasteiger partial charge < -0.3 is 10.3 Å². The standard InChI is InChI=1S/C30H26FN5O2/c1-19-11-28(37)27(18-36(19)16-21-5-9-25(31)10-6-21)29(38)12-20-3-7-22(8-4-20)26-13-23(14-33-30(26)32)24-15-34-35(2)17-24/h3-11,13-15,17-18H,12,16H2,1-2H3,(H2,32,33). The first kappa shape index (κ1) is 24.8. The second-order valence-corrected chi connectivity index (χ2v) is 9.30. The van der Waals surface area contributed by atoms with Crippen LogP contribution < -0.4 is 11.2 Å². The molecule has 0 fully saturated rings. The number of pyridine rings is 2. The van der Waals surface area contributed by atoms with Crippen LogP contribution in [0.15, 0.2) is 90.2 Å². The molecule has 0 radical (unpaired) electrons. The average molecular weight is 508 g/mol. The van der Waals surface area contributed by atoms with Crippen molar-refractivity contribution in [3.63, 3.8) is 0 Å². The summed E-state index contributed by atoms with van der Waals surface area (Å²) in [5.74, 6) is -0.175. The number of rotatable bonds is 7. The second-order valence-electron chi connectivity index (χ2n) is 9.30.